The summed E-state index contributed by atoms with van der Waals surface area (Å²) in [4.78, 5) is 22.1. The second-order valence-electron chi connectivity index (χ2n) is 5.73. The molecule has 0 radical (unpaired) electrons. The quantitative estimate of drug-likeness (QED) is 0.641. The van der Waals surface area contributed by atoms with Crippen LogP contribution in [0, 0.1) is 17.0 Å². The van der Waals surface area contributed by atoms with Crippen molar-refractivity contribution in [1.29, 1.82) is 0 Å². The zero-order chi connectivity index (χ0) is 15.3. The fourth-order valence-electron chi connectivity index (χ4n) is 1.62. The molecule has 110 valence electrons. The molecule has 0 unspecified atom stereocenters. The molecule has 1 aromatic carbocycles. The average Bonchev–Trinajstić information content (AvgIpc) is 2.30. The van der Waals surface area contributed by atoms with E-state index in [1.807, 2.05) is 20.8 Å². The lowest BCUT2D eigenvalue weighted by atomic mass is 10.1. The molecule has 0 bridgehead atoms. The van der Waals surface area contributed by atoms with E-state index >= 15 is 0 Å². The lowest BCUT2D eigenvalue weighted by Gasteiger charge is -2.20. The van der Waals surface area contributed by atoms with Crippen LogP contribution in [-0.2, 0) is 4.79 Å². The topological polar surface area (TPSA) is 84.3 Å². The molecule has 1 rings (SSSR count). The standard InChI is InChI=1S/C14H21N3O3/c1-10-5-6-11(17(19)20)9-12(10)16-13(18)7-8-15-14(2,3)4/h5-6,9,15H,7-8H2,1-4H3,(H,16,18). The first-order valence-electron chi connectivity index (χ1n) is 6.49. The molecular formula is C14H21N3O3. The predicted molar refractivity (Wildman–Crippen MR) is 78.8 cm³/mol. The minimum absolute atomic E-state index is 0.0290. The minimum Gasteiger partial charge on any atom is -0.326 e. The summed E-state index contributed by atoms with van der Waals surface area (Å²) in [6.45, 7) is 8.43. The van der Waals surface area contributed by atoms with Gasteiger partial charge in [0.2, 0.25) is 5.91 Å². The zero-order valence-electron chi connectivity index (χ0n) is 12.3. The summed E-state index contributed by atoms with van der Waals surface area (Å²) in [5, 5.41) is 16.6. The number of amides is 1. The first-order valence-corrected chi connectivity index (χ1v) is 6.49. The van der Waals surface area contributed by atoms with Gasteiger partial charge < -0.3 is 10.6 Å². The van der Waals surface area contributed by atoms with Crippen molar-refractivity contribution in [2.24, 2.45) is 0 Å². The number of nitrogens with zero attached hydrogens (tertiary/aromatic N) is 1. The Morgan fingerprint density at radius 2 is 2.00 bits per heavy atom. The second kappa shape index (κ2) is 6.47. The third-order valence-corrected chi connectivity index (χ3v) is 2.71. The molecule has 0 aliphatic heterocycles. The third kappa shape index (κ3) is 5.36. The van der Waals surface area contributed by atoms with Gasteiger partial charge in [0.1, 0.15) is 0 Å². The fraction of sp³-hybridized carbons (Fsp3) is 0.500. The van der Waals surface area contributed by atoms with Gasteiger partial charge in [0.25, 0.3) is 5.69 Å². The number of hydrogen-bond acceptors (Lipinski definition) is 4. The minimum atomic E-state index is -0.476. The highest BCUT2D eigenvalue weighted by molar-refractivity contribution is 5.92. The third-order valence-electron chi connectivity index (χ3n) is 2.71. The van der Waals surface area contributed by atoms with E-state index in [1.165, 1.54) is 12.1 Å². The van der Waals surface area contributed by atoms with Gasteiger partial charge in [-0.1, -0.05) is 6.07 Å². The van der Waals surface area contributed by atoms with Gasteiger partial charge in [-0.15, -0.1) is 0 Å². The van der Waals surface area contributed by atoms with Gasteiger partial charge in [0.05, 0.1) is 10.6 Å². The molecule has 0 spiro atoms. The highest BCUT2D eigenvalue weighted by Gasteiger charge is 2.12. The van der Waals surface area contributed by atoms with Crippen LogP contribution < -0.4 is 10.6 Å². The SMILES string of the molecule is Cc1ccc([N+](=O)[O-])cc1NC(=O)CCNC(C)(C)C. The summed E-state index contributed by atoms with van der Waals surface area (Å²) < 4.78 is 0. The maximum atomic E-state index is 11.8. The average molecular weight is 279 g/mol. The van der Waals surface area contributed by atoms with E-state index in [0.29, 0.717) is 18.7 Å². The number of hydrogen-bond donors (Lipinski definition) is 2. The summed E-state index contributed by atoms with van der Waals surface area (Å²) >= 11 is 0. The van der Waals surface area contributed by atoms with Gasteiger partial charge in [-0.05, 0) is 33.3 Å². The van der Waals surface area contributed by atoms with E-state index < -0.39 is 4.92 Å². The first kappa shape index (κ1) is 16.1. The summed E-state index contributed by atoms with van der Waals surface area (Å²) in [5.74, 6) is -0.162. The first-order chi connectivity index (χ1) is 9.19. The zero-order valence-corrected chi connectivity index (χ0v) is 12.3. The van der Waals surface area contributed by atoms with Crippen LogP contribution in [0.1, 0.15) is 32.8 Å². The molecule has 0 saturated carbocycles. The molecule has 1 amide bonds. The van der Waals surface area contributed by atoms with Crippen molar-refractivity contribution in [2.75, 3.05) is 11.9 Å². The van der Waals surface area contributed by atoms with Crippen molar-refractivity contribution in [2.45, 2.75) is 39.7 Å². The molecular weight excluding hydrogens is 258 g/mol. The lowest BCUT2D eigenvalue weighted by Crippen LogP contribution is -2.37. The number of aryl methyl sites for hydroxylation is 1. The van der Waals surface area contributed by atoms with Crippen LogP contribution in [0.3, 0.4) is 0 Å². The monoisotopic (exact) mass is 279 g/mol. The number of nitro benzene ring substituents is 1. The van der Waals surface area contributed by atoms with E-state index in [1.54, 1.807) is 13.0 Å². The molecule has 0 aliphatic rings. The van der Waals surface area contributed by atoms with Crippen LogP contribution in [0.2, 0.25) is 0 Å². The summed E-state index contributed by atoms with van der Waals surface area (Å²) in [7, 11) is 0. The number of benzene rings is 1. The molecule has 0 aromatic heterocycles. The lowest BCUT2D eigenvalue weighted by molar-refractivity contribution is -0.384. The maximum absolute atomic E-state index is 11.8. The van der Waals surface area contributed by atoms with Crippen molar-refractivity contribution in [3.8, 4) is 0 Å². The Kier molecular flexibility index (Phi) is 5.21. The van der Waals surface area contributed by atoms with Gasteiger partial charge in [0.15, 0.2) is 0 Å². The molecule has 0 saturated heterocycles. The van der Waals surface area contributed by atoms with Crippen molar-refractivity contribution in [1.82, 2.24) is 5.32 Å². The van der Waals surface area contributed by atoms with Gasteiger partial charge >= 0.3 is 0 Å². The Morgan fingerprint density at radius 3 is 2.55 bits per heavy atom. The van der Waals surface area contributed by atoms with Crippen LogP contribution >= 0.6 is 0 Å². The number of carbonyl (C=O) groups excluding carboxylic acids is 1. The van der Waals surface area contributed by atoms with E-state index in [9.17, 15) is 14.9 Å². The smallest absolute Gasteiger partial charge is 0.271 e. The Morgan fingerprint density at radius 1 is 1.35 bits per heavy atom. The molecule has 0 heterocycles. The number of carbonyl (C=O) groups is 1. The Labute approximate surface area is 118 Å². The molecule has 0 atom stereocenters. The fourth-order valence-corrected chi connectivity index (χ4v) is 1.62. The Bertz CT molecular complexity index is 507. The van der Waals surface area contributed by atoms with Crippen LogP contribution in [0.5, 0.6) is 0 Å². The number of anilines is 1. The van der Waals surface area contributed by atoms with Gasteiger partial charge in [-0.3, -0.25) is 14.9 Å². The van der Waals surface area contributed by atoms with Crippen molar-refractivity contribution in [3.63, 3.8) is 0 Å². The molecule has 6 heteroatoms. The second-order valence-corrected chi connectivity index (χ2v) is 5.73. The van der Waals surface area contributed by atoms with Crippen LogP contribution in [0.25, 0.3) is 0 Å². The van der Waals surface area contributed by atoms with Crippen molar-refractivity contribution < 1.29 is 9.72 Å². The predicted octanol–water partition coefficient (Wildman–Crippen LogP) is 2.62. The van der Waals surface area contributed by atoms with E-state index in [4.69, 9.17) is 0 Å². The molecule has 0 aliphatic carbocycles. The number of nitrogens with one attached hydrogen (secondary N) is 2. The van der Waals surface area contributed by atoms with E-state index in [2.05, 4.69) is 10.6 Å². The Balaban J connectivity index is 2.62. The number of rotatable bonds is 5. The highest BCUT2D eigenvalue weighted by atomic mass is 16.6. The summed E-state index contributed by atoms with van der Waals surface area (Å²) in [5.41, 5.74) is 1.22. The summed E-state index contributed by atoms with van der Waals surface area (Å²) in [6.07, 6.45) is 0.319. The maximum Gasteiger partial charge on any atom is 0.271 e. The van der Waals surface area contributed by atoms with E-state index in [0.717, 1.165) is 5.56 Å². The van der Waals surface area contributed by atoms with Crippen LogP contribution in [-0.4, -0.2) is 22.9 Å². The number of nitro groups is 1. The van der Waals surface area contributed by atoms with Gasteiger partial charge in [-0.25, -0.2) is 0 Å². The Hall–Kier alpha value is -1.95. The van der Waals surface area contributed by atoms with Crippen molar-refractivity contribution >= 4 is 17.3 Å². The molecule has 20 heavy (non-hydrogen) atoms. The normalized spacial score (nSPS) is 11.2. The van der Waals surface area contributed by atoms with Crippen LogP contribution in [0.4, 0.5) is 11.4 Å². The molecule has 6 nitrogen and oxygen atoms in total. The van der Waals surface area contributed by atoms with Gasteiger partial charge in [0, 0.05) is 30.6 Å². The molecule has 1 aromatic rings. The van der Waals surface area contributed by atoms with E-state index in [-0.39, 0.29) is 17.1 Å². The van der Waals surface area contributed by atoms with Gasteiger partial charge in [-0.2, -0.15) is 0 Å². The molecule has 0 fully saturated rings. The summed E-state index contributed by atoms with van der Waals surface area (Å²) in [6, 6.07) is 4.43. The largest absolute Gasteiger partial charge is 0.326 e. The van der Waals surface area contributed by atoms with Crippen LogP contribution in [0.15, 0.2) is 18.2 Å². The highest BCUT2D eigenvalue weighted by Crippen LogP contribution is 2.21. The molecule has 2 N–H and O–H groups in total. The van der Waals surface area contributed by atoms with Crippen molar-refractivity contribution in [3.05, 3.63) is 33.9 Å². The number of non-ortho nitro benzene ring substituents is 1.